The molecule has 1 N–H and O–H groups in total. The molecule has 2 atom stereocenters. The molecule has 1 aliphatic heterocycles. The first-order valence-corrected chi connectivity index (χ1v) is 10.2. The van der Waals surface area contributed by atoms with Crippen LogP contribution in [0.3, 0.4) is 0 Å². The van der Waals surface area contributed by atoms with E-state index in [0.29, 0.717) is 13.1 Å². The lowest BCUT2D eigenvalue weighted by Gasteiger charge is -2.35. The molecular weight excluding hydrogens is 384 g/mol. The number of piperidine rings is 1. The zero-order chi connectivity index (χ0) is 20.3. The Bertz CT molecular complexity index is 822. The van der Waals surface area contributed by atoms with Gasteiger partial charge in [0, 0.05) is 30.6 Å². The van der Waals surface area contributed by atoms with E-state index in [1.54, 1.807) is 36.3 Å². The van der Waals surface area contributed by atoms with E-state index in [1.807, 2.05) is 5.38 Å². The number of rotatable bonds is 5. The number of likely N-dealkylation sites (tertiary alicyclic amines) is 1. The molecule has 0 aliphatic carbocycles. The molecule has 2 heterocycles. The van der Waals surface area contributed by atoms with Crippen LogP contribution in [-0.2, 0) is 4.79 Å². The van der Waals surface area contributed by atoms with Crippen molar-refractivity contribution in [3.63, 3.8) is 0 Å². The molecule has 1 saturated heterocycles. The fourth-order valence-corrected chi connectivity index (χ4v) is 4.22. The molecule has 1 aliphatic rings. The van der Waals surface area contributed by atoms with Gasteiger partial charge in [-0.05, 0) is 30.9 Å². The number of hydrogen-bond acceptors (Lipinski definition) is 4. The quantitative estimate of drug-likeness (QED) is 0.824. The van der Waals surface area contributed by atoms with Crippen LogP contribution in [0.2, 0.25) is 0 Å². The maximum atomic E-state index is 13.9. The minimum Gasteiger partial charge on any atom is -0.340 e. The smallest absolute Gasteiger partial charge is 0.257 e. The molecule has 2 amide bonds. The Morgan fingerprint density at radius 1 is 1.29 bits per heavy atom. The van der Waals surface area contributed by atoms with Gasteiger partial charge in [-0.25, -0.2) is 13.8 Å². The van der Waals surface area contributed by atoms with Crippen LogP contribution in [0, 0.1) is 17.6 Å². The van der Waals surface area contributed by atoms with Gasteiger partial charge >= 0.3 is 0 Å². The third-order valence-corrected chi connectivity index (χ3v) is 5.88. The molecule has 150 valence electrons. The fraction of sp³-hybridized carbons (Fsp3) is 0.450. The summed E-state index contributed by atoms with van der Waals surface area (Å²) in [5.41, 5.74) is -0.666. The number of nitrogens with one attached hydrogen (secondary N) is 1. The molecule has 3 rings (SSSR count). The molecule has 8 heteroatoms. The van der Waals surface area contributed by atoms with Crippen molar-refractivity contribution in [2.24, 2.45) is 5.92 Å². The van der Waals surface area contributed by atoms with Gasteiger partial charge in [-0.1, -0.05) is 19.9 Å². The Morgan fingerprint density at radius 3 is 2.61 bits per heavy atom. The lowest BCUT2D eigenvalue weighted by molar-refractivity contribution is -0.135. The predicted molar refractivity (Wildman–Crippen MR) is 103 cm³/mol. The highest BCUT2D eigenvalue weighted by molar-refractivity contribution is 7.09. The Labute approximate surface area is 166 Å². The summed E-state index contributed by atoms with van der Waals surface area (Å²) in [7, 11) is 0. The van der Waals surface area contributed by atoms with Crippen LogP contribution in [-0.4, -0.2) is 40.8 Å². The van der Waals surface area contributed by atoms with Crippen LogP contribution in [0.5, 0.6) is 0 Å². The lowest BCUT2D eigenvalue weighted by Crippen LogP contribution is -2.53. The Kier molecular flexibility index (Phi) is 6.39. The average molecular weight is 407 g/mol. The summed E-state index contributed by atoms with van der Waals surface area (Å²) < 4.78 is 27.8. The number of thiazole rings is 1. The number of hydrogen-bond donors (Lipinski definition) is 1. The monoisotopic (exact) mass is 407 g/mol. The second-order valence-corrected chi connectivity index (χ2v) is 8.21. The first-order valence-electron chi connectivity index (χ1n) is 9.31. The molecule has 1 aromatic heterocycles. The van der Waals surface area contributed by atoms with Gasteiger partial charge in [0.15, 0.2) is 0 Å². The van der Waals surface area contributed by atoms with E-state index >= 15 is 0 Å². The summed E-state index contributed by atoms with van der Waals surface area (Å²) in [5.74, 6) is -3.11. The van der Waals surface area contributed by atoms with Crippen LogP contribution in [0.1, 0.15) is 48.0 Å². The van der Waals surface area contributed by atoms with Gasteiger partial charge in [-0.2, -0.15) is 0 Å². The molecular formula is C20H23F2N3O2S. The molecule has 0 saturated carbocycles. The van der Waals surface area contributed by atoms with E-state index in [1.165, 1.54) is 6.07 Å². The topological polar surface area (TPSA) is 62.3 Å². The molecule has 2 aromatic rings. The second-order valence-electron chi connectivity index (χ2n) is 7.29. The average Bonchev–Trinajstić information content (AvgIpc) is 3.20. The Morgan fingerprint density at radius 2 is 2.00 bits per heavy atom. The maximum absolute atomic E-state index is 13.9. The third-order valence-electron chi connectivity index (χ3n) is 4.94. The van der Waals surface area contributed by atoms with Crippen molar-refractivity contribution in [3.8, 4) is 0 Å². The highest BCUT2D eigenvalue weighted by atomic mass is 32.1. The minimum atomic E-state index is -0.950. The molecule has 0 bridgehead atoms. The lowest BCUT2D eigenvalue weighted by atomic mass is 9.96. The first-order chi connectivity index (χ1) is 13.4. The van der Waals surface area contributed by atoms with Crippen LogP contribution >= 0.6 is 11.3 Å². The summed E-state index contributed by atoms with van der Waals surface area (Å²) in [5, 5.41) is 5.45. The summed E-state index contributed by atoms with van der Waals surface area (Å²) in [6, 6.07) is 2.38. The number of nitrogens with zero attached hydrogens (tertiary/aromatic N) is 2. The zero-order valence-electron chi connectivity index (χ0n) is 15.8. The number of carbonyl (C=O) groups is 2. The third kappa shape index (κ3) is 4.38. The highest BCUT2D eigenvalue weighted by Gasteiger charge is 2.33. The van der Waals surface area contributed by atoms with Gasteiger partial charge in [0.25, 0.3) is 5.91 Å². The zero-order valence-corrected chi connectivity index (χ0v) is 16.6. The molecule has 0 radical (unpaired) electrons. The first kappa shape index (κ1) is 20.4. The molecule has 0 spiro atoms. The number of halogens is 2. The SMILES string of the molecule is CC(C)[C@H](NC(=O)c1c(F)cccc1F)C(=O)N1CCCC(c2nccs2)C1. The Hall–Kier alpha value is -2.35. The second kappa shape index (κ2) is 8.77. The standard InChI is InChI=1S/C20H23F2N3O2S/c1-12(2)17(24-18(26)16-14(21)6-3-7-15(16)22)20(27)25-9-4-5-13(11-25)19-23-8-10-28-19/h3,6-8,10,12-13,17H,4-5,9,11H2,1-2H3,(H,24,26)/t13?,17-/m0/s1. The predicted octanol–water partition coefficient (Wildman–Crippen LogP) is 3.58. The largest absolute Gasteiger partial charge is 0.340 e. The molecule has 5 nitrogen and oxygen atoms in total. The van der Waals surface area contributed by atoms with Gasteiger partial charge in [0.2, 0.25) is 5.91 Å². The molecule has 1 fully saturated rings. The summed E-state index contributed by atoms with van der Waals surface area (Å²) >= 11 is 1.57. The van der Waals surface area contributed by atoms with Crippen molar-refractivity contribution in [1.29, 1.82) is 0 Å². The number of amides is 2. The summed E-state index contributed by atoms with van der Waals surface area (Å²) in [6.45, 7) is 4.71. The van der Waals surface area contributed by atoms with E-state index in [4.69, 9.17) is 0 Å². The van der Waals surface area contributed by atoms with E-state index in [2.05, 4.69) is 10.3 Å². The van der Waals surface area contributed by atoms with Crippen LogP contribution in [0.4, 0.5) is 8.78 Å². The molecule has 1 unspecified atom stereocenters. The number of aromatic nitrogens is 1. The van der Waals surface area contributed by atoms with Crippen molar-refractivity contribution in [1.82, 2.24) is 15.2 Å². The fourth-order valence-electron chi connectivity index (χ4n) is 3.45. The van der Waals surface area contributed by atoms with Gasteiger partial charge in [-0.3, -0.25) is 9.59 Å². The molecule has 1 aromatic carbocycles. The van der Waals surface area contributed by atoms with Crippen LogP contribution < -0.4 is 5.32 Å². The Balaban J connectivity index is 1.74. The van der Waals surface area contributed by atoms with Gasteiger partial charge < -0.3 is 10.2 Å². The van der Waals surface area contributed by atoms with Crippen molar-refractivity contribution in [2.75, 3.05) is 13.1 Å². The van der Waals surface area contributed by atoms with Gasteiger partial charge in [0.05, 0.1) is 5.01 Å². The summed E-state index contributed by atoms with van der Waals surface area (Å²) in [4.78, 5) is 31.6. The number of benzene rings is 1. The molecule has 28 heavy (non-hydrogen) atoms. The van der Waals surface area contributed by atoms with Gasteiger partial charge in [0.1, 0.15) is 23.2 Å². The summed E-state index contributed by atoms with van der Waals surface area (Å²) in [6.07, 6.45) is 3.55. The van der Waals surface area contributed by atoms with E-state index in [0.717, 1.165) is 30.0 Å². The van der Waals surface area contributed by atoms with Crippen molar-refractivity contribution >= 4 is 23.2 Å². The normalized spacial score (nSPS) is 18.2. The van der Waals surface area contributed by atoms with Crippen LogP contribution in [0.25, 0.3) is 0 Å². The van der Waals surface area contributed by atoms with E-state index in [-0.39, 0.29) is 17.7 Å². The van der Waals surface area contributed by atoms with Crippen molar-refractivity contribution in [3.05, 3.63) is 52.0 Å². The minimum absolute atomic E-state index is 0.172. The van der Waals surface area contributed by atoms with Crippen molar-refractivity contribution < 1.29 is 18.4 Å². The maximum Gasteiger partial charge on any atom is 0.257 e. The van der Waals surface area contributed by atoms with Gasteiger partial charge in [-0.15, -0.1) is 11.3 Å². The van der Waals surface area contributed by atoms with Crippen molar-refractivity contribution in [2.45, 2.75) is 38.6 Å². The van der Waals surface area contributed by atoms with E-state index < -0.39 is 29.1 Å². The van der Waals surface area contributed by atoms with E-state index in [9.17, 15) is 18.4 Å². The highest BCUT2D eigenvalue weighted by Crippen LogP contribution is 2.29. The number of carbonyl (C=O) groups excluding carboxylic acids is 2. The van der Waals surface area contributed by atoms with Crippen LogP contribution in [0.15, 0.2) is 29.8 Å².